The van der Waals surface area contributed by atoms with Crippen molar-refractivity contribution in [1.82, 2.24) is 19.9 Å². The minimum Gasteiger partial charge on any atom is -0.496 e. The van der Waals surface area contributed by atoms with Crippen molar-refractivity contribution < 1.29 is 22.7 Å². The number of sulfonamides is 1. The van der Waals surface area contributed by atoms with Crippen molar-refractivity contribution >= 4 is 32.7 Å². The van der Waals surface area contributed by atoms with Gasteiger partial charge in [-0.05, 0) is 98.3 Å². The molecule has 0 atom stereocenters. The molecule has 0 aliphatic carbocycles. The van der Waals surface area contributed by atoms with E-state index in [1.54, 1.807) is 43.3 Å². The lowest BCUT2D eigenvalue weighted by atomic mass is 9.95. The number of methoxy groups -OCH3 is 1. The van der Waals surface area contributed by atoms with Crippen LogP contribution in [0, 0.1) is 12.8 Å². The van der Waals surface area contributed by atoms with Gasteiger partial charge in [0.25, 0.3) is 21.8 Å². The van der Waals surface area contributed by atoms with Gasteiger partial charge >= 0.3 is 0 Å². The number of aromatic nitrogens is 1. The lowest BCUT2D eigenvalue weighted by Gasteiger charge is -2.22. The number of carbonyl (C=O) groups is 2. The summed E-state index contributed by atoms with van der Waals surface area (Å²) in [5.74, 6) is 0.285. The van der Waals surface area contributed by atoms with E-state index < -0.39 is 15.9 Å². The van der Waals surface area contributed by atoms with Crippen LogP contribution in [0.15, 0.2) is 71.8 Å². The number of aryl methyl sites for hydroxylation is 2. The molecule has 0 saturated carbocycles. The van der Waals surface area contributed by atoms with Crippen molar-refractivity contribution in [3.05, 3.63) is 94.7 Å². The van der Waals surface area contributed by atoms with E-state index in [-0.39, 0.29) is 16.4 Å². The Bertz CT molecular complexity index is 1760. The molecule has 9 nitrogen and oxygen atoms in total. The van der Waals surface area contributed by atoms with E-state index in [9.17, 15) is 18.0 Å². The molecule has 43 heavy (non-hydrogen) atoms. The van der Waals surface area contributed by atoms with Gasteiger partial charge in [0.1, 0.15) is 5.75 Å². The van der Waals surface area contributed by atoms with Gasteiger partial charge in [0.2, 0.25) is 0 Å². The Morgan fingerprint density at radius 3 is 2.44 bits per heavy atom. The monoisotopic (exact) mass is 602 g/mol. The smallest absolute Gasteiger partial charge is 0.265 e. The Balaban J connectivity index is 1.32. The molecule has 2 heterocycles. The number of carbonyl (C=O) groups excluding carboxylic acids is 2. The number of fused-ring (bicyclic) bond motifs is 1. The van der Waals surface area contributed by atoms with Gasteiger partial charge < -0.3 is 19.9 Å². The Kier molecular flexibility index (Phi) is 9.17. The number of rotatable bonds is 10. The van der Waals surface area contributed by atoms with Gasteiger partial charge in [0.05, 0.1) is 12.0 Å². The molecule has 0 radical (unpaired) electrons. The molecule has 5 rings (SSSR count). The predicted molar refractivity (Wildman–Crippen MR) is 167 cm³/mol. The normalized spacial score (nSPS) is 14.0. The van der Waals surface area contributed by atoms with E-state index in [0.29, 0.717) is 35.8 Å². The van der Waals surface area contributed by atoms with E-state index >= 15 is 0 Å². The van der Waals surface area contributed by atoms with Crippen LogP contribution < -0.4 is 20.1 Å². The molecule has 1 aliphatic rings. The quantitative estimate of drug-likeness (QED) is 0.249. The first-order valence-corrected chi connectivity index (χ1v) is 16.0. The average molecular weight is 603 g/mol. The first-order valence-electron chi connectivity index (χ1n) is 14.5. The molecule has 0 bridgehead atoms. The molecule has 1 saturated heterocycles. The number of nitrogens with zero attached hydrogens (tertiary/aromatic N) is 1. The third-order valence-corrected chi connectivity index (χ3v) is 9.66. The van der Waals surface area contributed by atoms with Crippen molar-refractivity contribution in [2.75, 3.05) is 26.7 Å². The second kappa shape index (κ2) is 13.0. The summed E-state index contributed by atoms with van der Waals surface area (Å²) in [7, 11) is -0.563. The second-order valence-corrected chi connectivity index (χ2v) is 12.8. The molecule has 1 fully saturated rings. The zero-order valence-corrected chi connectivity index (χ0v) is 25.6. The van der Waals surface area contributed by atoms with Gasteiger partial charge in [-0.25, -0.2) is 13.1 Å². The topological polar surface area (TPSA) is 119 Å². The molecule has 226 valence electrons. The summed E-state index contributed by atoms with van der Waals surface area (Å²) >= 11 is 0. The number of amides is 2. The molecule has 0 spiro atoms. The molecule has 10 heteroatoms. The minimum atomic E-state index is -4.04. The number of hydrogen-bond acceptors (Lipinski definition) is 6. The summed E-state index contributed by atoms with van der Waals surface area (Å²) in [5, 5.41) is 7.42. The molecular weight excluding hydrogens is 564 g/mol. The van der Waals surface area contributed by atoms with Gasteiger partial charge in [-0.1, -0.05) is 24.3 Å². The van der Waals surface area contributed by atoms with Crippen LogP contribution in [0.3, 0.4) is 0 Å². The van der Waals surface area contributed by atoms with Crippen LogP contribution in [0.4, 0.5) is 0 Å². The highest BCUT2D eigenvalue weighted by Gasteiger charge is 2.22. The third kappa shape index (κ3) is 6.92. The number of nitrogens with one attached hydrogen (secondary N) is 3. The Morgan fingerprint density at radius 1 is 0.977 bits per heavy atom. The van der Waals surface area contributed by atoms with E-state index in [1.807, 2.05) is 36.0 Å². The van der Waals surface area contributed by atoms with Gasteiger partial charge in [-0.3, -0.25) is 9.59 Å². The SMILES string of the molecule is COc1cc(C(=O)NS(=O)(=O)c2ccccc2C)ccc1Cc1cn(C)c2ccc(C(=O)NCCC3CCNCC3)cc12. The Labute approximate surface area is 252 Å². The summed E-state index contributed by atoms with van der Waals surface area (Å²) in [6.07, 6.45) is 5.80. The van der Waals surface area contributed by atoms with Crippen LogP contribution in [0.5, 0.6) is 5.75 Å². The Morgan fingerprint density at radius 2 is 1.70 bits per heavy atom. The van der Waals surface area contributed by atoms with Crippen molar-refractivity contribution in [3.63, 3.8) is 0 Å². The van der Waals surface area contributed by atoms with Gasteiger partial charge in [-0.2, -0.15) is 0 Å². The number of hydrogen-bond donors (Lipinski definition) is 3. The van der Waals surface area contributed by atoms with Crippen LogP contribution in [0.25, 0.3) is 10.9 Å². The number of benzene rings is 3. The fourth-order valence-corrected chi connectivity index (χ4v) is 6.97. The molecule has 1 aromatic heterocycles. The highest BCUT2D eigenvalue weighted by atomic mass is 32.2. The molecule has 1 aliphatic heterocycles. The molecule has 2 amide bonds. The van der Waals surface area contributed by atoms with Gasteiger partial charge in [0.15, 0.2) is 0 Å². The zero-order valence-electron chi connectivity index (χ0n) is 24.8. The van der Waals surface area contributed by atoms with Gasteiger partial charge in [0, 0.05) is 48.2 Å². The minimum absolute atomic E-state index is 0.0534. The highest BCUT2D eigenvalue weighted by Crippen LogP contribution is 2.29. The standard InChI is InChI=1S/C33H38N4O5S/c1-22-6-4-5-7-31(22)43(40,41)36-33(39)26-9-8-24(30(20-26)42-3)18-27-21-37(2)29-11-10-25(19-28(27)29)32(38)35-17-14-23-12-15-34-16-13-23/h4-11,19-21,23,34H,12-18H2,1-3H3,(H,35,38)(H,36,39). The van der Waals surface area contributed by atoms with E-state index in [0.717, 1.165) is 54.4 Å². The predicted octanol–water partition coefficient (Wildman–Crippen LogP) is 4.32. The maximum absolute atomic E-state index is 13.0. The van der Waals surface area contributed by atoms with Crippen LogP contribution in [0.2, 0.25) is 0 Å². The number of ether oxygens (including phenoxy) is 1. The van der Waals surface area contributed by atoms with E-state index in [2.05, 4.69) is 15.4 Å². The summed E-state index contributed by atoms with van der Waals surface area (Å²) in [6, 6.07) is 17.1. The van der Waals surface area contributed by atoms with Crippen LogP contribution in [0.1, 0.15) is 56.7 Å². The molecule has 3 N–H and O–H groups in total. The first-order chi connectivity index (χ1) is 20.7. The van der Waals surface area contributed by atoms with Crippen LogP contribution in [-0.2, 0) is 23.5 Å². The third-order valence-electron chi connectivity index (χ3n) is 8.17. The van der Waals surface area contributed by atoms with Crippen molar-refractivity contribution in [3.8, 4) is 5.75 Å². The lowest BCUT2D eigenvalue weighted by molar-refractivity contribution is 0.0948. The van der Waals surface area contributed by atoms with Crippen LogP contribution in [-0.4, -0.2) is 51.5 Å². The first kappa shape index (κ1) is 30.3. The number of piperidine rings is 1. The average Bonchev–Trinajstić information content (AvgIpc) is 3.31. The van der Waals surface area contributed by atoms with E-state index in [1.165, 1.54) is 13.2 Å². The summed E-state index contributed by atoms with van der Waals surface area (Å²) in [4.78, 5) is 26.0. The molecule has 0 unspecified atom stereocenters. The van der Waals surface area contributed by atoms with Gasteiger partial charge in [-0.15, -0.1) is 0 Å². The molecule has 3 aromatic carbocycles. The fourth-order valence-electron chi connectivity index (χ4n) is 5.75. The van der Waals surface area contributed by atoms with Crippen molar-refractivity contribution in [2.45, 2.75) is 37.5 Å². The second-order valence-electron chi connectivity index (χ2n) is 11.1. The summed E-state index contributed by atoms with van der Waals surface area (Å²) in [6.45, 7) is 4.42. The maximum Gasteiger partial charge on any atom is 0.265 e. The highest BCUT2D eigenvalue weighted by molar-refractivity contribution is 7.90. The van der Waals surface area contributed by atoms with Crippen molar-refractivity contribution in [2.24, 2.45) is 13.0 Å². The fraction of sp³-hybridized carbons (Fsp3) is 0.333. The van der Waals surface area contributed by atoms with Crippen LogP contribution >= 0.6 is 0 Å². The zero-order chi connectivity index (χ0) is 30.6. The lowest BCUT2D eigenvalue weighted by Crippen LogP contribution is -2.31. The maximum atomic E-state index is 13.0. The van der Waals surface area contributed by atoms with Crippen molar-refractivity contribution in [1.29, 1.82) is 0 Å². The molecular formula is C33H38N4O5S. The van der Waals surface area contributed by atoms with E-state index in [4.69, 9.17) is 4.74 Å². The molecule has 4 aromatic rings. The summed E-state index contributed by atoms with van der Waals surface area (Å²) < 4.78 is 35.5. The summed E-state index contributed by atoms with van der Waals surface area (Å²) in [5.41, 5.74) is 4.14. The largest absolute Gasteiger partial charge is 0.496 e. The Hall–Kier alpha value is -4.15.